The molecular weight excluding hydrogens is 370 g/mol. The Morgan fingerprint density at radius 3 is 2.62 bits per heavy atom. The van der Waals surface area contributed by atoms with Gasteiger partial charge in [-0.05, 0) is 44.0 Å². The molecule has 1 aliphatic rings. The Labute approximate surface area is 168 Å². The van der Waals surface area contributed by atoms with Crippen molar-refractivity contribution < 1.29 is 14.3 Å². The second kappa shape index (κ2) is 7.20. The smallest absolute Gasteiger partial charge is 0.256 e. The molecule has 0 bridgehead atoms. The average Bonchev–Trinajstić information content (AvgIpc) is 3.47. The number of rotatable bonds is 5. The van der Waals surface area contributed by atoms with Crippen LogP contribution in [-0.4, -0.2) is 33.7 Å². The van der Waals surface area contributed by atoms with Gasteiger partial charge in [0.1, 0.15) is 5.75 Å². The third-order valence-electron chi connectivity index (χ3n) is 5.00. The van der Waals surface area contributed by atoms with Crippen molar-refractivity contribution >= 4 is 34.2 Å². The number of benzene rings is 1. The molecule has 0 atom stereocenters. The van der Waals surface area contributed by atoms with Crippen LogP contribution in [0.3, 0.4) is 0 Å². The summed E-state index contributed by atoms with van der Waals surface area (Å²) in [5.41, 5.74) is 3.96. The second-order valence-electron chi connectivity index (χ2n) is 7.33. The molecule has 8 heteroatoms. The van der Waals surface area contributed by atoms with Crippen LogP contribution >= 0.6 is 0 Å². The van der Waals surface area contributed by atoms with Gasteiger partial charge in [0.15, 0.2) is 5.65 Å². The van der Waals surface area contributed by atoms with Crippen LogP contribution in [0.1, 0.15) is 47.4 Å². The number of methoxy groups -OCH3 is 1. The van der Waals surface area contributed by atoms with E-state index in [1.165, 1.54) is 14.0 Å². The summed E-state index contributed by atoms with van der Waals surface area (Å²) in [4.78, 5) is 29.4. The van der Waals surface area contributed by atoms with E-state index in [9.17, 15) is 9.59 Å². The number of hydrogen-bond donors (Lipinski definition) is 2. The summed E-state index contributed by atoms with van der Waals surface area (Å²) < 4.78 is 7.09. The predicted molar refractivity (Wildman–Crippen MR) is 110 cm³/mol. The molecule has 1 aliphatic carbocycles. The largest absolute Gasteiger partial charge is 0.495 e. The number of ether oxygens (including phenoxy) is 1. The Bertz CT molecular complexity index is 1130. The fourth-order valence-electron chi connectivity index (χ4n) is 3.51. The van der Waals surface area contributed by atoms with E-state index in [2.05, 4.69) is 15.7 Å². The number of anilines is 2. The molecule has 0 aliphatic heterocycles. The van der Waals surface area contributed by atoms with Crippen molar-refractivity contribution in [1.29, 1.82) is 0 Å². The molecule has 0 unspecified atom stereocenters. The third-order valence-corrected chi connectivity index (χ3v) is 5.00. The molecule has 2 aromatic heterocycles. The molecule has 29 heavy (non-hydrogen) atoms. The molecule has 0 radical (unpaired) electrons. The van der Waals surface area contributed by atoms with E-state index < -0.39 is 0 Å². The SMILES string of the molecule is COc1ccc(NC(C)=O)cc1NC(=O)c1cc(C2CC2)nc2c1c(C)nn2C. The Hall–Kier alpha value is -3.42. The number of carbonyl (C=O) groups is 2. The summed E-state index contributed by atoms with van der Waals surface area (Å²) in [7, 11) is 3.37. The van der Waals surface area contributed by atoms with Crippen molar-refractivity contribution in [2.45, 2.75) is 32.6 Å². The van der Waals surface area contributed by atoms with Crippen LogP contribution in [0.15, 0.2) is 24.3 Å². The first-order valence-corrected chi connectivity index (χ1v) is 9.48. The van der Waals surface area contributed by atoms with E-state index in [-0.39, 0.29) is 11.8 Å². The first-order chi connectivity index (χ1) is 13.9. The highest BCUT2D eigenvalue weighted by atomic mass is 16.5. The van der Waals surface area contributed by atoms with Gasteiger partial charge >= 0.3 is 0 Å². The number of fused-ring (bicyclic) bond motifs is 1. The molecule has 1 fully saturated rings. The second-order valence-corrected chi connectivity index (χ2v) is 7.33. The van der Waals surface area contributed by atoms with Crippen LogP contribution in [0.4, 0.5) is 11.4 Å². The van der Waals surface area contributed by atoms with E-state index in [1.54, 1.807) is 22.9 Å². The van der Waals surface area contributed by atoms with E-state index in [4.69, 9.17) is 9.72 Å². The van der Waals surface area contributed by atoms with Crippen molar-refractivity contribution in [3.63, 3.8) is 0 Å². The van der Waals surface area contributed by atoms with Gasteiger partial charge in [-0.25, -0.2) is 4.98 Å². The number of carbonyl (C=O) groups excluding carboxylic acids is 2. The van der Waals surface area contributed by atoms with E-state index >= 15 is 0 Å². The summed E-state index contributed by atoms with van der Waals surface area (Å²) >= 11 is 0. The lowest BCUT2D eigenvalue weighted by atomic mass is 10.1. The summed E-state index contributed by atoms with van der Waals surface area (Å²) in [6.45, 7) is 3.30. The Morgan fingerprint density at radius 2 is 1.97 bits per heavy atom. The molecule has 3 aromatic rings. The summed E-state index contributed by atoms with van der Waals surface area (Å²) in [6, 6.07) is 6.97. The van der Waals surface area contributed by atoms with Gasteiger partial charge in [-0.1, -0.05) is 0 Å². The molecule has 0 saturated heterocycles. The maximum atomic E-state index is 13.3. The topological polar surface area (TPSA) is 98.1 Å². The van der Waals surface area contributed by atoms with Crippen molar-refractivity contribution in [1.82, 2.24) is 14.8 Å². The van der Waals surface area contributed by atoms with E-state index in [0.29, 0.717) is 34.3 Å². The van der Waals surface area contributed by atoms with Crippen LogP contribution in [-0.2, 0) is 11.8 Å². The van der Waals surface area contributed by atoms with Gasteiger partial charge in [0.05, 0.1) is 29.4 Å². The maximum Gasteiger partial charge on any atom is 0.256 e. The van der Waals surface area contributed by atoms with Crippen LogP contribution < -0.4 is 15.4 Å². The minimum atomic E-state index is -0.270. The molecule has 1 saturated carbocycles. The number of amides is 2. The minimum Gasteiger partial charge on any atom is -0.495 e. The number of aromatic nitrogens is 3. The Morgan fingerprint density at radius 1 is 1.21 bits per heavy atom. The zero-order chi connectivity index (χ0) is 20.7. The van der Waals surface area contributed by atoms with Crippen molar-refractivity contribution in [2.24, 2.45) is 7.05 Å². The van der Waals surface area contributed by atoms with Gasteiger partial charge in [0.2, 0.25) is 5.91 Å². The molecule has 1 aromatic carbocycles. The van der Waals surface area contributed by atoms with Gasteiger partial charge < -0.3 is 15.4 Å². The lowest BCUT2D eigenvalue weighted by Gasteiger charge is -2.13. The van der Waals surface area contributed by atoms with Crippen LogP contribution in [0, 0.1) is 6.92 Å². The van der Waals surface area contributed by atoms with Crippen molar-refractivity contribution in [3.05, 3.63) is 41.2 Å². The standard InChI is InChI=1S/C21H23N5O3/c1-11-19-15(10-16(13-5-6-13)23-20(19)26(3)25-11)21(28)24-17-9-14(22-12(2)27)7-8-18(17)29-4/h7-10,13H,5-6H2,1-4H3,(H,22,27)(H,24,28). The molecule has 0 spiro atoms. The highest BCUT2D eigenvalue weighted by molar-refractivity contribution is 6.13. The van der Waals surface area contributed by atoms with Crippen LogP contribution in [0.5, 0.6) is 5.75 Å². The maximum absolute atomic E-state index is 13.3. The summed E-state index contributed by atoms with van der Waals surface area (Å²) in [5, 5.41) is 10.8. The normalized spacial score (nSPS) is 13.4. The van der Waals surface area contributed by atoms with Gasteiger partial charge in [0, 0.05) is 31.3 Å². The molecule has 4 rings (SSSR count). The summed E-state index contributed by atoms with van der Waals surface area (Å²) in [6.07, 6.45) is 2.17. The monoisotopic (exact) mass is 393 g/mol. The number of nitrogens with zero attached hydrogens (tertiary/aromatic N) is 3. The number of pyridine rings is 1. The van der Waals surface area contributed by atoms with Gasteiger partial charge in [-0.3, -0.25) is 14.3 Å². The first-order valence-electron chi connectivity index (χ1n) is 9.48. The highest BCUT2D eigenvalue weighted by Gasteiger charge is 2.28. The highest BCUT2D eigenvalue weighted by Crippen LogP contribution is 2.40. The van der Waals surface area contributed by atoms with E-state index in [1.807, 2.05) is 20.0 Å². The fourth-order valence-corrected chi connectivity index (χ4v) is 3.51. The van der Waals surface area contributed by atoms with Crippen LogP contribution in [0.2, 0.25) is 0 Å². The van der Waals surface area contributed by atoms with E-state index in [0.717, 1.165) is 29.6 Å². The predicted octanol–water partition coefficient (Wildman–Crippen LogP) is 3.37. The average molecular weight is 393 g/mol. The first kappa shape index (κ1) is 18.9. The van der Waals surface area contributed by atoms with Crippen LogP contribution in [0.25, 0.3) is 11.0 Å². The Balaban J connectivity index is 1.75. The number of nitrogens with one attached hydrogen (secondary N) is 2. The number of aryl methyl sites for hydroxylation is 2. The Kier molecular flexibility index (Phi) is 4.70. The van der Waals surface area contributed by atoms with Gasteiger partial charge in [-0.2, -0.15) is 5.10 Å². The molecule has 2 N–H and O–H groups in total. The molecule has 2 heterocycles. The fraction of sp³-hybridized carbons (Fsp3) is 0.333. The quantitative estimate of drug-likeness (QED) is 0.692. The zero-order valence-corrected chi connectivity index (χ0v) is 16.9. The summed E-state index contributed by atoms with van der Waals surface area (Å²) in [5.74, 6) is 0.443. The lowest BCUT2D eigenvalue weighted by molar-refractivity contribution is -0.114. The molecule has 2 amide bonds. The van der Waals surface area contributed by atoms with Gasteiger partial charge in [0.25, 0.3) is 5.91 Å². The van der Waals surface area contributed by atoms with Crippen molar-refractivity contribution in [2.75, 3.05) is 17.7 Å². The number of hydrogen-bond acceptors (Lipinski definition) is 5. The van der Waals surface area contributed by atoms with Gasteiger partial charge in [-0.15, -0.1) is 0 Å². The minimum absolute atomic E-state index is 0.191. The molecular formula is C21H23N5O3. The van der Waals surface area contributed by atoms with Crippen molar-refractivity contribution in [3.8, 4) is 5.75 Å². The third kappa shape index (κ3) is 3.65. The lowest BCUT2D eigenvalue weighted by Crippen LogP contribution is -2.15. The zero-order valence-electron chi connectivity index (χ0n) is 16.9. The molecule has 8 nitrogen and oxygen atoms in total. The molecule has 150 valence electrons.